The number of aromatic nitrogens is 1. The molecule has 2 aromatic heterocycles. The molecule has 0 saturated heterocycles. The third kappa shape index (κ3) is 3.20. The third-order valence-electron chi connectivity index (χ3n) is 8.43. The highest BCUT2D eigenvalue weighted by molar-refractivity contribution is 7.21. The van der Waals surface area contributed by atoms with Crippen molar-refractivity contribution in [3.8, 4) is 11.5 Å². The Labute approximate surface area is 203 Å². The van der Waals surface area contributed by atoms with Crippen LogP contribution in [0, 0.1) is 17.8 Å². The highest BCUT2D eigenvalue weighted by Crippen LogP contribution is 2.61. The molecule has 0 spiro atoms. The number of carbonyl (C=O) groups is 1. The molecule has 4 bridgehead atoms. The number of ketones is 1. The standard InChI is InChI=1S/C26H23F3N2O3S/c27-26(28,29)16-7-19(25-8-12-3-13(9-25)5-14(4-12)10-25)31-24-20(16)21(30)23(35-24)22(32)15-1-2-17-18(6-15)34-11-33-17/h1-2,6-7,12-14H,3-5,8-11,30H2. The Kier molecular flexibility index (Phi) is 4.37. The summed E-state index contributed by atoms with van der Waals surface area (Å²) in [5.74, 6) is 2.22. The van der Waals surface area contributed by atoms with E-state index in [1.807, 2.05) is 0 Å². The number of ether oxygens (including phenoxy) is 2. The first kappa shape index (κ1) is 21.5. The highest BCUT2D eigenvalue weighted by atomic mass is 32.1. The van der Waals surface area contributed by atoms with Crippen LogP contribution in [-0.4, -0.2) is 17.6 Å². The summed E-state index contributed by atoms with van der Waals surface area (Å²) in [6.45, 7) is 0.0595. The molecule has 2 N–H and O–H groups in total. The van der Waals surface area contributed by atoms with E-state index < -0.39 is 17.5 Å². The lowest BCUT2D eigenvalue weighted by Gasteiger charge is -2.56. The summed E-state index contributed by atoms with van der Waals surface area (Å²) in [5.41, 5.74) is 5.79. The molecule has 1 aliphatic heterocycles. The number of pyridine rings is 1. The summed E-state index contributed by atoms with van der Waals surface area (Å²) < 4.78 is 53.7. The molecule has 0 radical (unpaired) electrons. The molecule has 0 atom stereocenters. The number of rotatable bonds is 3. The molecule has 4 aliphatic carbocycles. The van der Waals surface area contributed by atoms with Crippen molar-refractivity contribution in [3.05, 3.63) is 46.0 Å². The van der Waals surface area contributed by atoms with Crippen LogP contribution in [0.4, 0.5) is 18.9 Å². The molecule has 0 unspecified atom stereocenters. The average Bonchev–Trinajstić information content (AvgIpc) is 3.40. The summed E-state index contributed by atoms with van der Waals surface area (Å²) in [6.07, 6.45) is 1.66. The van der Waals surface area contributed by atoms with Crippen LogP contribution in [0.2, 0.25) is 0 Å². The fraction of sp³-hybridized carbons (Fsp3) is 0.462. The Hall–Kier alpha value is -2.81. The van der Waals surface area contributed by atoms with Crippen LogP contribution in [-0.2, 0) is 11.6 Å². The summed E-state index contributed by atoms with van der Waals surface area (Å²) >= 11 is 0.951. The minimum absolute atomic E-state index is 0.0595. The van der Waals surface area contributed by atoms with Crippen molar-refractivity contribution in [2.24, 2.45) is 17.8 Å². The van der Waals surface area contributed by atoms with Crippen molar-refractivity contribution < 1.29 is 27.4 Å². The van der Waals surface area contributed by atoms with Gasteiger partial charge in [0.1, 0.15) is 9.71 Å². The van der Waals surface area contributed by atoms with E-state index in [1.165, 1.54) is 31.4 Å². The number of thiophene rings is 1. The van der Waals surface area contributed by atoms with E-state index in [4.69, 9.17) is 20.2 Å². The van der Waals surface area contributed by atoms with E-state index in [0.29, 0.717) is 34.9 Å². The van der Waals surface area contributed by atoms with Crippen molar-refractivity contribution in [1.29, 1.82) is 0 Å². The number of carbonyl (C=O) groups excluding carboxylic acids is 1. The number of nitrogen functional groups attached to an aromatic ring is 1. The fourth-order valence-electron chi connectivity index (χ4n) is 7.38. The smallest absolute Gasteiger partial charge is 0.417 e. The number of hydrogen-bond donors (Lipinski definition) is 1. The lowest BCUT2D eigenvalue weighted by atomic mass is 9.48. The Morgan fingerprint density at radius 1 is 1.03 bits per heavy atom. The van der Waals surface area contributed by atoms with Gasteiger partial charge in [0.15, 0.2) is 11.5 Å². The average molecular weight is 501 g/mol. The SMILES string of the molecule is Nc1c(C(=O)c2ccc3c(c2)OCO3)sc2nc(C34CC5CC(CC(C5)C3)C4)cc(C(F)(F)F)c12. The lowest BCUT2D eigenvalue weighted by Crippen LogP contribution is -2.49. The summed E-state index contributed by atoms with van der Waals surface area (Å²) in [4.78, 5) is 18.4. The van der Waals surface area contributed by atoms with E-state index in [2.05, 4.69) is 0 Å². The Balaban J connectivity index is 1.37. The van der Waals surface area contributed by atoms with Gasteiger partial charge in [0.25, 0.3) is 0 Å². The van der Waals surface area contributed by atoms with Crippen LogP contribution >= 0.6 is 11.3 Å². The Morgan fingerprint density at radius 2 is 1.69 bits per heavy atom. The van der Waals surface area contributed by atoms with Crippen LogP contribution in [0.15, 0.2) is 24.3 Å². The second kappa shape index (κ2) is 7.12. The van der Waals surface area contributed by atoms with Crippen LogP contribution < -0.4 is 15.2 Å². The van der Waals surface area contributed by atoms with Crippen LogP contribution in [0.25, 0.3) is 10.2 Å². The number of benzene rings is 1. The van der Waals surface area contributed by atoms with Gasteiger partial charge in [-0.1, -0.05) is 0 Å². The van der Waals surface area contributed by atoms with Crippen LogP contribution in [0.3, 0.4) is 0 Å². The number of nitrogens with two attached hydrogens (primary N) is 1. The van der Waals surface area contributed by atoms with Crippen molar-refractivity contribution in [2.75, 3.05) is 12.5 Å². The molecule has 35 heavy (non-hydrogen) atoms. The molecule has 3 heterocycles. The van der Waals surface area contributed by atoms with E-state index in [9.17, 15) is 18.0 Å². The normalized spacial score (nSPS) is 28.7. The molecule has 1 aromatic carbocycles. The molecule has 3 aromatic rings. The molecular weight excluding hydrogens is 477 g/mol. The van der Waals surface area contributed by atoms with Crippen molar-refractivity contribution in [1.82, 2.24) is 4.98 Å². The number of alkyl halides is 3. The molecule has 8 rings (SSSR count). The maximum Gasteiger partial charge on any atom is 0.417 e. The number of nitrogens with zero attached hydrogens (tertiary/aromatic N) is 1. The predicted octanol–water partition coefficient (Wildman–Crippen LogP) is 6.32. The highest BCUT2D eigenvalue weighted by Gasteiger charge is 2.53. The number of fused-ring (bicyclic) bond motifs is 2. The number of hydrogen-bond acceptors (Lipinski definition) is 6. The molecular formula is C26H23F3N2O3S. The minimum Gasteiger partial charge on any atom is -0.454 e. The predicted molar refractivity (Wildman–Crippen MR) is 125 cm³/mol. The van der Waals surface area contributed by atoms with E-state index in [1.54, 1.807) is 12.1 Å². The van der Waals surface area contributed by atoms with Gasteiger partial charge < -0.3 is 15.2 Å². The number of halogens is 3. The van der Waals surface area contributed by atoms with E-state index in [-0.39, 0.29) is 38.6 Å². The fourth-order valence-corrected chi connectivity index (χ4v) is 8.46. The summed E-state index contributed by atoms with van der Waals surface area (Å²) in [5, 5.41) is -0.167. The molecule has 182 valence electrons. The van der Waals surface area contributed by atoms with Crippen molar-refractivity contribution in [2.45, 2.75) is 50.1 Å². The maximum absolute atomic E-state index is 14.3. The zero-order chi connectivity index (χ0) is 24.1. The molecule has 5 aliphatic rings. The Morgan fingerprint density at radius 3 is 2.34 bits per heavy atom. The third-order valence-corrected chi connectivity index (χ3v) is 9.53. The van der Waals surface area contributed by atoms with Crippen molar-refractivity contribution in [3.63, 3.8) is 0 Å². The minimum atomic E-state index is -4.60. The lowest BCUT2D eigenvalue weighted by molar-refractivity contribution is -0.136. The molecule has 9 heteroatoms. The first-order valence-electron chi connectivity index (χ1n) is 12.0. The monoisotopic (exact) mass is 500 g/mol. The number of anilines is 1. The molecule has 4 fully saturated rings. The first-order chi connectivity index (χ1) is 16.7. The van der Waals surface area contributed by atoms with E-state index in [0.717, 1.165) is 30.6 Å². The summed E-state index contributed by atoms with van der Waals surface area (Å²) in [7, 11) is 0. The van der Waals surface area contributed by atoms with Gasteiger partial charge in [-0.15, -0.1) is 11.3 Å². The van der Waals surface area contributed by atoms with Gasteiger partial charge in [0, 0.05) is 22.1 Å². The molecule has 4 saturated carbocycles. The second-order valence-electron chi connectivity index (χ2n) is 10.7. The summed E-state index contributed by atoms with van der Waals surface area (Å²) in [6, 6.07) is 5.95. The molecule has 0 amide bonds. The van der Waals surface area contributed by atoms with Gasteiger partial charge >= 0.3 is 6.18 Å². The van der Waals surface area contributed by atoms with Gasteiger partial charge in [-0.2, -0.15) is 13.2 Å². The second-order valence-corrected chi connectivity index (χ2v) is 11.7. The Bertz CT molecular complexity index is 1360. The van der Waals surface area contributed by atoms with Crippen molar-refractivity contribution >= 4 is 33.0 Å². The topological polar surface area (TPSA) is 74.4 Å². The van der Waals surface area contributed by atoms with Crippen LogP contribution in [0.1, 0.15) is 65.0 Å². The van der Waals surface area contributed by atoms with Gasteiger partial charge in [-0.05, 0) is 80.5 Å². The van der Waals surface area contributed by atoms with Gasteiger partial charge in [-0.3, -0.25) is 4.79 Å². The van der Waals surface area contributed by atoms with Gasteiger partial charge in [0.05, 0.1) is 11.3 Å². The maximum atomic E-state index is 14.3. The zero-order valence-corrected chi connectivity index (χ0v) is 19.6. The molecule has 5 nitrogen and oxygen atoms in total. The largest absolute Gasteiger partial charge is 0.454 e. The van der Waals surface area contributed by atoms with Crippen LogP contribution in [0.5, 0.6) is 11.5 Å². The van der Waals surface area contributed by atoms with Gasteiger partial charge in [-0.25, -0.2) is 4.98 Å². The van der Waals surface area contributed by atoms with E-state index >= 15 is 0 Å². The van der Waals surface area contributed by atoms with Gasteiger partial charge in [0.2, 0.25) is 12.6 Å². The zero-order valence-electron chi connectivity index (χ0n) is 18.8. The first-order valence-corrected chi connectivity index (χ1v) is 12.8. The quantitative estimate of drug-likeness (QED) is 0.426.